The Balaban J connectivity index is 2.02. The molecule has 1 unspecified atom stereocenters. The predicted octanol–water partition coefficient (Wildman–Crippen LogP) is 4.23. The van der Waals surface area contributed by atoms with Gasteiger partial charge in [-0.2, -0.15) is 0 Å². The number of hydrogen-bond acceptors (Lipinski definition) is 4. The van der Waals surface area contributed by atoms with Gasteiger partial charge in [0.1, 0.15) is 10.6 Å². The van der Waals surface area contributed by atoms with E-state index >= 15 is 0 Å². The van der Waals surface area contributed by atoms with Crippen LogP contribution in [0.1, 0.15) is 31.7 Å². The lowest BCUT2D eigenvalue weighted by Crippen LogP contribution is -2.55. The van der Waals surface area contributed by atoms with Gasteiger partial charge in [0.15, 0.2) is 21.4 Å². The molecule has 1 aliphatic carbocycles. The summed E-state index contributed by atoms with van der Waals surface area (Å²) < 4.78 is 60.8. The van der Waals surface area contributed by atoms with Crippen LogP contribution in [-0.4, -0.2) is 25.7 Å². The van der Waals surface area contributed by atoms with Gasteiger partial charge in [0.2, 0.25) is 0 Å². The van der Waals surface area contributed by atoms with Gasteiger partial charge in [-0.25, -0.2) is 17.2 Å². The van der Waals surface area contributed by atoms with Gasteiger partial charge in [0, 0.05) is 10.9 Å². The average molecular weight is 429 g/mol. The topological polar surface area (TPSA) is 63.6 Å². The van der Waals surface area contributed by atoms with Crippen LogP contribution in [0.4, 0.5) is 8.78 Å². The van der Waals surface area contributed by atoms with E-state index in [1.54, 1.807) is 6.92 Å². The molecule has 0 saturated heterocycles. The van der Waals surface area contributed by atoms with Gasteiger partial charge < -0.3 is 9.84 Å². The number of benzene rings is 2. The van der Waals surface area contributed by atoms with Gasteiger partial charge in [-0.3, -0.25) is 0 Å². The fourth-order valence-corrected chi connectivity index (χ4v) is 7.01. The molecule has 8 heteroatoms. The maximum absolute atomic E-state index is 15.0. The number of rotatable bonds is 2. The molecule has 0 spiro atoms. The highest BCUT2D eigenvalue weighted by atomic mass is 35.5. The predicted molar refractivity (Wildman–Crippen MR) is 100 cm³/mol. The van der Waals surface area contributed by atoms with Crippen LogP contribution in [0.5, 0.6) is 5.75 Å². The molecule has 28 heavy (non-hydrogen) atoms. The van der Waals surface area contributed by atoms with Gasteiger partial charge in [-0.15, -0.1) is 0 Å². The largest absolute Gasteiger partial charge is 0.490 e. The molecule has 0 radical (unpaired) electrons. The van der Waals surface area contributed by atoms with Gasteiger partial charge >= 0.3 is 0 Å². The molecule has 2 aliphatic rings. The molecule has 1 heterocycles. The van der Waals surface area contributed by atoms with Crippen molar-refractivity contribution in [3.63, 3.8) is 0 Å². The molecular weight excluding hydrogens is 410 g/mol. The second-order valence-corrected chi connectivity index (χ2v) is 10.4. The Labute approximate surface area is 167 Å². The SMILES string of the molecule is C[C@]1(O)CC[C@@]2(S(=O)(=O)c3ccc(Cl)cc3)c3c(F)ccc(F)c3OCC2C1. The van der Waals surface area contributed by atoms with E-state index in [0.29, 0.717) is 5.02 Å². The van der Waals surface area contributed by atoms with E-state index < -0.39 is 37.7 Å². The van der Waals surface area contributed by atoms with E-state index in [-0.39, 0.29) is 42.1 Å². The lowest BCUT2D eigenvalue weighted by Gasteiger charge is -2.50. The summed E-state index contributed by atoms with van der Waals surface area (Å²) in [5, 5.41) is 10.9. The zero-order chi connectivity index (χ0) is 20.3. The summed E-state index contributed by atoms with van der Waals surface area (Å²) in [6, 6.07) is 7.47. The first-order valence-corrected chi connectivity index (χ1v) is 10.8. The van der Waals surface area contributed by atoms with E-state index in [4.69, 9.17) is 16.3 Å². The van der Waals surface area contributed by atoms with E-state index in [1.165, 1.54) is 24.3 Å². The second-order valence-electron chi connectivity index (χ2n) is 7.79. The van der Waals surface area contributed by atoms with E-state index in [2.05, 4.69) is 0 Å². The van der Waals surface area contributed by atoms with Crippen LogP contribution in [0.3, 0.4) is 0 Å². The van der Waals surface area contributed by atoms with Gasteiger partial charge in [-0.1, -0.05) is 11.6 Å². The van der Waals surface area contributed by atoms with Crippen molar-refractivity contribution in [3.8, 4) is 5.75 Å². The van der Waals surface area contributed by atoms with Crippen LogP contribution in [0.15, 0.2) is 41.3 Å². The summed E-state index contributed by atoms with van der Waals surface area (Å²) in [6.07, 6.45) is 0.174. The summed E-state index contributed by atoms with van der Waals surface area (Å²) in [5.74, 6) is -2.74. The number of hydrogen-bond donors (Lipinski definition) is 1. The van der Waals surface area contributed by atoms with Gasteiger partial charge in [-0.05, 0) is 62.6 Å². The van der Waals surface area contributed by atoms with E-state index in [0.717, 1.165) is 12.1 Å². The summed E-state index contributed by atoms with van der Waals surface area (Å²) in [7, 11) is -4.16. The second kappa shape index (κ2) is 6.40. The number of fused-ring (bicyclic) bond motifs is 3. The van der Waals surface area contributed by atoms with Crippen molar-refractivity contribution < 1.29 is 27.0 Å². The maximum Gasteiger partial charge on any atom is 0.188 e. The molecule has 2 aromatic carbocycles. The van der Waals surface area contributed by atoms with Crippen molar-refractivity contribution in [2.45, 2.75) is 41.4 Å². The smallest absolute Gasteiger partial charge is 0.188 e. The third kappa shape index (κ3) is 2.75. The molecule has 0 aromatic heterocycles. The molecule has 3 atom stereocenters. The highest BCUT2D eigenvalue weighted by Crippen LogP contribution is 2.58. The lowest BCUT2D eigenvalue weighted by molar-refractivity contribution is -0.0327. The van der Waals surface area contributed by atoms with Crippen molar-refractivity contribution in [2.24, 2.45) is 5.92 Å². The lowest BCUT2D eigenvalue weighted by atomic mass is 9.68. The van der Waals surface area contributed by atoms with Crippen LogP contribution in [0, 0.1) is 17.6 Å². The zero-order valence-electron chi connectivity index (χ0n) is 15.1. The number of sulfone groups is 1. The normalized spacial score (nSPS) is 29.5. The maximum atomic E-state index is 15.0. The van der Waals surface area contributed by atoms with E-state index in [1.807, 2.05) is 0 Å². The van der Waals surface area contributed by atoms with Crippen molar-refractivity contribution in [1.29, 1.82) is 0 Å². The fourth-order valence-electron chi connectivity index (χ4n) is 4.54. The molecule has 0 amide bonds. The van der Waals surface area contributed by atoms with Crippen LogP contribution < -0.4 is 4.74 Å². The first-order valence-electron chi connectivity index (χ1n) is 8.92. The third-order valence-electron chi connectivity index (χ3n) is 5.89. The van der Waals surface area contributed by atoms with Crippen molar-refractivity contribution >= 4 is 21.4 Å². The first kappa shape index (κ1) is 19.6. The zero-order valence-corrected chi connectivity index (χ0v) is 16.7. The average Bonchev–Trinajstić information content (AvgIpc) is 2.63. The Morgan fingerprint density at radius 3 is 2.43 bits per heavy atom. The van der Waals surface area contributed by atoms with Crippen molar-refractivity contribution in [3.05, 3.63) is 58.6 Å². The van der Waals surface area contributed by atoms with Crippen molar-refractivity contribution in [2.75, 3.05) is 6.61 Å². The first-order chi connectivity index (χ1) is 13.1. The number of halogens is 3. The molecule has 4 rings (SSSR count). The molecule has 1 saturated carbocycles. The standard InChI is InChI=1S/C20H19ClF2O4S/c1-19(24)8-9-20(28(25,26)14-4-2-13(21)3-5-14)12(10-19)11-27-18-16(23)7-6-15(22)17(18)20/h2-7,12,24H,8-11H2,1H3/t12?,19-,20-/m0/s1. The van der Waals surface area contributed by atoms with Crippen LogP contribution in [-0.2, 0) is 14.6 Å². The minimum absolute atomic E-state index is 0.0278. The molecule has 0 bridgehead atoms. The van der Waals surface area contributed by atoms with Crippen molar-refractivity contribution in [1.82, 2.24) is 0 Å². The summed E-state index contributed by atoms with van der Waals surface area (Å²) in [6.45, 7) is 1.49. The Kier molecular flexibility index (Phi) is 4.48. The summed E-state index contributed by atoms with van der Waals surface area (Å²) in [5.41, 5.74) is -1.40. The summed E-state index contributed by atoms with van der Waals surface area (Å²) in [4.78, 5) is -0.0278. The minimum atomic E-state index is -4.16. The van der Waals surface area contributed by atoms with Crippen LogP contribution >= 0.6 is 11.6 Å². The Hall–Kier alpha value is -1.70. The molecule has 150 valence electrons. The molecule has 1 N–H and O–H groups in total. The Morgan fingerprint density at radius 2 is 1.75 bits per heavy atom. The number of ether oxygens (including phenoxy) is 1. The van der Waals surface area contributed by atoms with Gasteiger partial charge in [0.25, 0.3) is 0 Å². The number of aliphatic hydroxyl groups is 1. The molecule has 4 nitrogen and oxygen atoms in total. The molecule has 1 aliphatic heterocycles. The highest BCUT2D eigenvalue weighted by molar-refractivity contribution is 7.92. The Morgan fingerprint density at radius 1 is 1.11 bits per heavy atom. The fraction of sp³-hybridized carbons (Fsp3) is 0.400. The molecular formula is C20H19ClF2O4S. The van der Waals surface area contributed by atoms with Gasteiger partial charge in [0.05, 0.1) is 22.7 Å². The Bertz CT molecular complexity index is 1040. The monoisotopic (exact) mass is 428 g/mol. The van der Waals surface area contributed by atoms with Crippen LogP contribution in [0.2, 0.25) is 5.02 Å². The van der Waals surface area contributed by atoms with Crippen LogP contribution in [0.25, 0.3) is 0 Å². The molecule has 1 fully saturated rings. The third-order valence-corrected chi connectivity index (χ3v) is 8.74. The summed E-state index contributed by atoms with van der Waals surface area (Å²) >= 11 is 5.89. The minimum Gasteiger partial charge on any atom is -0.490 e. The molecule has 2 aromatic rings. The van der Waals surface area contributed by atoms with E-state index in [9.17, 15) is 22.3 Å². The quantitative estimate of drug-likeness (QED) is 0.777. The highest BCUT2D eigenvalue weighted by Gasteiger charge is 2.61.